The van der Waals surface area contributed by atoms with E-state index in [2.05, 4.69) is 0 Å². The van der Waals surface area contributed by atoms with Gasteiger partial charge in [-0.3, -0.25) is 0 Å². The van der Waals surface area contributed by atoms with E-state index in [-0.39, 0.29) is 0 Å². The van der Waals surface area contributed by atoms with Crippen LogP contribution >= 0.6 is 0 Å². The number of nitrogens with zero attached hydrogens (tertiary/aromatic N) is 2. The summed E-state index contributed by atoms with van der Waals surface area (Å²) in [5.74, 6) is -205. The van der Waals surface area contributed by atoms with Crippen molar-refractivity contribution in [3.8, 4) is 0 Å². The molecule has 54 heteroatoms. The molecule has 6 nitrogen and oxygen atoms in total. The molecule has 0 aromatic rings. The summed E-state index contributed by atoms with van der Waals surface area (Å²) in [6, 6.07) is 0. The molecule has 0 aliphatic rings. The van der Waals surface area contributed by atoms with Crippen molar-refractivity contribution in [3.05, 3.63) is 0 Å². The van der Waals surface area contributed by atoms with Crippen molar-refractivity contribution in [2.45, 2.75) is 177 Å². The van der Waals surface area contributed by atoms with Gasteiger partial charge in [-0.25, -0.2) is 27.2 Å². The van der Waals surface area contributed by atoms with E-state index in [1.165, 1.54) is 0 Å². The maximum absolute atomic E-state index is 14.9. The zero-order valence-electron chi connectivity index (χ0n) is 42.2. The Morgan fingerprint density at radius 2 is 0.473 bits per heavy atom. The highest BCUT2D eigenvalue weighted by Gasteiger charge is 3.01. The molecule has 0 saturated carbocycles. The monoisotopic (exact) mass is 1470 g/mol. The van der Waals surface area contributed by atoms with E-state index in [0.717, 1.165) is 0 Å². The number of amides is 2. The molecular formula is C37H26F48N2O4. The zero-order valence-corrected chi connectivity index (χ0v) is 42.2. The third-order valence-corrected chi connectivity index (χ3v) is 12.3. The van der Waals surface area contributed by atoms with Crippen LogP contribution in [0.3, 0.4) is 0 Å². The molecule has 0 heterocycles. The summed E-state index contributed by atoms with van der Waals surface area (Å²) in [5.41, 5.74) is -2.68. The highest BCUT2D eigenvalue weighted by molar-refractivity contribution is 5.65. The predicted octanol–water partition coefficient (Wildman–Crippen LogP) is 17.9. The van der Waals surface area contributed by atoms with Gasteiger partial charge in [-0.15, -0.1) is 0 Å². The fourth-order valence-corrected chi connectivity index (χ4v) is 7.03. The lowest BCUT2D eigenvalue weighted by molar-refractivity contribution is -0.476. The third-order valence-electron chi connectivity index (χ3n) is 12.3. The van der Waals surface area contributed by atoms with Gasteiger partial charge in [0.1, 0.15) is 0 Å². The highest BCUT2D eigenvalue weighted by atomic mass is 19.4. The molecule has 0 radical (unpaired) electrons. The van der Waals surface area contributed by atoms with Crippen LogP contribution < -0.4 is 0 Å². The Hall–Kier alpha value is -4.82. The van der Waals surface area contributed by atoms with Crippen LogP contribution in [0.2, 0.25) is 0 Å². The second-order valence-corrected chi connectivity index (χ2v) is 19.7. The molecule has 0 aromatic heterocycles. The van der Waals surface area contributed by atoms with E-state index < -0.39 is 215 Å². The average molecular weight is 1470 g/mol. The lowest BCUT2D eigenvalue weighted by Gasteiger charge is -2.45. The van der Waals surface area contributed by atoms with Gasteiger partial charge in [-0.2, -0.15) is 193 Å². The molecule has 0 bridgehead atoms. The lowest BCUT2D eigenvalue weighted by atomic mass is 9.81. The van der Waals surface area contributed by atoms with Crippen molar-refractivity contribution in [3.63, 3.8) is 0 Å². The van der Waals surface area contributed by atoms with Gasteiger partial charge in [-0.05, 0) is 24.2 Å². The molecule has 544 valence electrons. The van der Waals surface area contributed by atoms with Crippen molar-refractivity contribution >= 4 is 12.2 Å². The van der Waals surface area contributed by atoms with Crippen molar-refractivity contribution in [1.82, 2.24) is 9.80 Å². The standard InChI is InChI=1S/C37H26F48N2O4/c1-10(4-5-86(13(88)89)8-16(42,43)20(50,51)24(58,59)28(66,67)32(74,75)36(82,83)34(78,79)30(70,71)26(62,63)22(54,55)18(46,47)11(38)39)6-15(2,3)7-87(14(90)91)9-17(44,45)21(52,53)25(60,61)29(68,69)33(76,77)37(84,85)35(80,81)31(72,73)27(64,65)23(56,57)19(48,49)12(40)41/h10-12H,4-9H2,1-3H3,(H,88,89)(H,90,91). The Kier molecular flexibility index (Phi) is 22.3. The number of rotatable bonds is 33. The van der Waals surface area contributed by atoms with Gasteiger partial charge in [0, 0.05) is 13.1 Å². The Morgan fingerprint density at radius 3 is 0.659 bits per heavy atom. The molecular weight excluding hydrogens is 1450 g/mol. The molecule has 1 unspecified atom stereocenters. The van der Waals surface area contributed by atoms with Crippen molar-refractivity contribution in [1.29, 1.82) is 0 Å². The number of halogens is 48. The highest BCUT2D eigenvalue weighted by Crippen LogP contribution is 2.70. The molecule has 0 fully saturated rings. The van der Waals surface area contributed by atoms with E-state index in [1.54, 1.807) is 0 Å². The molecule has 91 heavy (non-hydrogen) atoms. The summed E-state index contributed by atoms with van der Waals surface area (Å²) < 4.78 is 669. The van der Waals surface area contributed by atoms with E-state index in [9.17, 15) is 225 Å². The minimum absolute atomic E-state index is 0.306. The minimum atomic E-state index is -9.91. The van der Waals surface area contributed by atoms with E-state index in [0.29, 0.717) is 20.8 Å². The van der Waals surface area contributed by atoms with Gasteiger partial charge < -0.3 is 20.0 Å². The van der Waals surface area contributed by atoms with Gasteiger partial charge in [0.2, 0.25) is 0 Å². The van der Waals surface area contributed by atoms with Crippen LogP contribution in [-0.2, 0) is 0 Å². The SMILES string of the molecule is CC(CCN(CC(F)(F)C(F)(F)C(F)(F)C(F)(F)C(F)(F)C(F)(F)C(F)(F)C(F)(F)C(F)(F)C(F)(F)C(F)(F)C(F)F)C(=O)O)CC(C)(C)CN(CC(F)(F)C(F)(F)C(F)(F)C(F)(F)C(F)(F)C(F)(F)C(F)(F)C(F)(F)C(F)(F)C(F)(F)C(F)(F)C(F)F)C(=O)O. The summed E-state index contributed by atoms with van der Waals surface area (Å²) in [6.45, 7) is -11.5. The number of hydrogen-bond donors (Lipinski definition) is 2. The number of carboxylic acid groups (broad SMARTS) is 2. The van der Waals surface area contributed by atoms with Gasteiger partial charge in [0.15, 0.2) is 0 Å². The summed E-state index contributed by atoms with van der Waals surface area (Å²) in [6.07, 6.45) is -22.7. The van der Waals surface area contributed by atoms with E-state index in [4.69, 9.17) is 5.11 Å². The molecule has 0 aromatic carbocycles. The average Bonchev–Trinajstić information content (AvgIpc) is 0.696. The first-order valence-corrected chi connectivity index (χ1v) is 21.6. The molecule has 2 amide bonds. The van der Waals surface area contributed by atoms with Crippen LogP contribution in [0.15, 0.2) is 0 Å². The second-order valence-electron chi connectivity index (χ2n) is 19.7. The summed E-state index contributed by atoms with van der Waals surface area (Å²) in [5, 5.41) is 18.3. The first-order chi connectivity index (χ1) is 38.8. The molecule has 0 saturated heterocycles. The first-order valence-electron chi connectivity index (χ1n) is 21.6. The maximum Gasteiger partial charge on any atom is 0.407 e. The van der Waals surface area contributed by atoms with Crippen molar-refractivity contribution < 1.29 is 231 Å². The fourth-order valence-electron chi connectivity index (χ4n) is 7.03. The molecule has 1 atom stereocenters. The molecule has 0 rings (SSSR count). The van der Waals surface area contributed by atoms with E-state index >= 15 is 0 Å². The van der Waals surface area contributed by atoms with Crippen LogP contribution in [0.4, 0.5) is 220 Å². The predicted molar refractivity (Wildman–Crippen MR) is 192 cm³/mol. The molecule has 0 aliphatic heterocycles. The Bertz CT molecular complexity index is 2550. The Balaban J connectivity index is 7.13. The van der Waals surface area contributed by atoms with Crippen LogP contribution in [-0.4, -0.2) is 202 Å². The first kappa shape index (κ1) is 86.2. The number of carbonyl (C=O) groups is 2. The Morgan fingerprint density at radius 1 is 0.297 bits per heavy atom. The van der Waals surface area contributed by atoms with Crippen LogP contribution in [0.1, 0.15) is 33.6 Å². The van der Waals surface area contributed by atoms with Crippen LogP contribution in [0.25, 0.3) is 0 Å². The number of alkyl halides is 48. The largest absolute Gasteiger partial charge is 0.465 e. The third kappa shape index (κ3) is 12.2. The lowest BCUT2D eigenvalue weighted by Crippen LogP contribution is -2.78. The molecule has 2 N–H and O–H groups in total. The summed E-state index contributed by atoms with van der Waals surface area (Å²) in [4.78, 5) is 20.2. The van der Waals surface area contributed by atoms with Gasteiger partial charge >= 0.3 is 155 Å². The van der Waals surface area contributed by atoms with Gasteiger partial charge in [0.25, 0.3) is 0 Å². The maximum atomic E-state index is 14.9. The van der Waals surface area contributed by atoms with Crippen LogP contribution in [0.5, 0.6) is 0 Å². The summed E-state index contributed by atoms with van der Waals surface area (Å²) >= 11 is 0. The minimum Gasteiger partial charge on any atom is -0.465 e. The van der Waals surface area contributed by atoms with Crippen molar-refractivity contribution in [2.24, 2.45) is 11.3 Å². The van der Waals surface area contributed by atoms with Gasteiger partial charge in [-0.1, -0.05) is 20.8 Å². The second kappa shape index (κ2) is 23.5. The van der Waals surface area contributed by atoms with Crippen LogP contribution in [0, 0.1) is 11.3 Å². The normalized spacial score (nSPS) is 16.7. The fraction of sp³-hybridized carbons (Fsp3) is 0.946. The zero-order chi connectivity index (χ0) is 74.8. The summed E-state index contributed by atoms with van der Waals surface area (Å²) in [7, 11) is 0. The topological polar surface area (TPSA) is 81.1 Å². The molecule has 0 aliphatic carbocycles. The quantitative estimate of drug-likeness (QED) is 0.0642. The van der Waals surface area contributed by atoms with Gasteiger partial charge in [0.05, 0.1) is 13.1 Å². The Labute approximate surface area is 467 Å². The smallest absolute Gasteiger partial charge is 0.407 e. The number of hydrogen-bond acceptors (Lipinski definition) is 2. The van der Waals surface area contributed by atoms with E-state index in [1.807, 2.05) is 0 Å². The molecule has 0 spiro atoms. The van der Waals surface area contributed by atoms with Crippen molar-refractivity contribution in [2.75, 3.05) is 26.2 Å².